The highest BCUT2D eigenvalue weighted by atomic mass is 32.1. The van der Waals surface area contributed by atoms with E-state index in [0.717, 1.165) is 18.1 Å². The molecule has 0 atom stereocenters. The van der Waals surface area contributed by atoms with Gasteiger partial charge in [-0.25, -0.2) is 4.98 Å². The van der Waals surface area contributed by atoms with E-state index in [-0.39, 0.29) is 6.61 Å². The van der Waals surface area contributed by atoms with Crippen LogP contribution < -0.4 is 10.6 Å². The molecule has 1 aliphatic rings. The number of aliphatic hydroxyl groups excluding tert-OH is 1. The maximum atomic E-state index is 8.85. The minimum absolute atomic E-state index is 0.179. The molecule has 6 heteroatoms. The van der Waals surface area contributed by atoms with E-state index in [1.807, 2.05) is 0 Å². The summed E-state index contributed by atoms with van der Waals surface area (Å²) in [6, 6.07) is 6.22. The molecule has 0 amide bonds. The number of hydrogen-bond donors (Lipinski definition) is 3. The highest BCUT2D eigenvalue weighted by molar-refractivity contribution is 7.09. The van der Waals surface area contributed by atoms with Crippen LogP contribution in [0.3, 0.4) is 0 Å². The Morgan fingerprint density at radius 2 is 2.19 bits per heavy atom. The Labute approximate surface area is 128 Å². The Balaban J connectivity index is 1.68. The lowest BCUT2D eigenvalue weighted by atomic mass is 10.3. The Hall–Kier alpha value is -1.66. The van der Waals surface area contributed by atoms with Crippen molar-refractivity contribution < 1.29 is 5.11 Å². The van der Waals surface area contributed by atoms with Crippen LogP contribution in [0.4, 0.5) is 11.8 Å². The van der Waals surface area contributed by atoms with Gasteiger partial charge in [0.25, 0.3) is 0 Å². The Kier molecular flexibility index (Phi) is 4.67. The molecule has 0 spiro atoms. The molecule has 3 rings (SSSR count). The predicted octanol–water partition coefficient (Wildman–Crippen LogP) is 2.82. The standard InChI is InChI=1S/C15H20N4OS/c20-7-2-6-16-15-18-13(11-4-5-11)9-14(19-15)17-10-12-3-1-8-21-12/h1,3,8-9,11,20H,2,4-7,10H2,(H2,16,17,18,19). The van der Waals surface area contributed by atoms with Gasteiger partial charge in [0.2, 0.25) is 5.95 Å². The van der Waals surface area contributed by atoms with E-state index >= 15 is 0 Å². The van der Waals surface area contributed by atoms with Crippen molar-refractivity contribution in [1.82, 2.24) is 9.97 Å². The summed E-state index contributed by atoms with van der Waals surface area (Å²) in [7, 11) is 0. The summed E-state index contributed by atoms with van der Waals surface area (Å²) in [6.07, 6.45) is 3.14. The number of thiophene rings is 1. The first kappa shape index (κ1) is 14.3. The number of hydrogen-bond acceptors (Lipinski definition) is 6. The van der Waals surface area contributed by atoms with E-state index in [0.29, 0.717) is 24.8 Å². The SMILES string of the molecule is OCCCNc1nc(NCc2cccs2)cc(C2CC2)n1. The fourth-order valence-corrected chi connectivity index (χ4v) is 2.74. The van der Waals surface area contributed by atoms with Gasteiger partial charge in [0.1, 0.15) is 5.82 Å². The minimum Gasteiger partial charge on any atom is -0.396 e. The van der Waals surface area contributed by atoms with E-state index in [4.69, 9.17) is 5.11 Å². The maximum Gasteiger partial charge on any atom is 0.224 e. The first-order chi connectivity index (χ1) is 10.3. The van der Waals surface area contributed by atoms with Crippen LogP contribution in [0.5, 0.6) is 0 Å². The van der Waals surface area contributed by atoms with Crippen molar-refractivity contribution in [2.24, 2.45) is 0 Å². The number of nitrogens with one attached hydrogen (secondary N) is 2. The topological polar surface area (TPSA) is 70.1 Å². The number of anilines is 2. The van der Waals surface area contributed by atoms with Gasteiger partial charge >= 0.3 is 0 Å². The zero-order valence-electron chi connectivity index (χ0n) is 11.9. The second kappa shape index (κ2) is 6.87. The lowest BCUT2D eigenvalue weighted by Crippen LogP contribution is -2.10. The summed E-state index contributed by atoms with van der Waals surface area (Å²) < 4.78 is 0. The van der Waals surface area contributed by atoms with E-state index in [1.165, 1.54) is 17.7 Å². The van der Waals surface area contributed by atoms with Crippen LogP contribution in [0.2, 0.25) is 0 Å². The second-order valence-electron chi connectivity index (χ2n) is 5.21. The highest BCUT2D eigenvalue weighted by Crippen LogP contribution is 2.39. The van der Waals surface area contributed by atoms with Gasteiger partial charge in [0, 0.05) is 30.0 Å². The molecule has 3 N–H and O–H groups in total. The molecule has 0 bridgehead atoms. The average Bonchev–Trinajstić information content (AvgIpc) is 3.22. The fraction of sp³-hybridized carbons (Fsp3) is 0.467. The molecule has 2 aromatic heterocycles. The molecular formula is C15H20N4OS. The van der Waals surface area contributed by atoms with Crippen molar-refractivity contribution in [2.45, 2.75) is 31.7 Å². The van der Waals surface area contributed by atoms with Gasteiger partial charge in [-0.15, -0.1) is 11.3 Å². The van der Waals surface area contributed by atoms with Crippen molar-refractivity contribution >= 4 is 23.1 Å². The zero-order valence-corrected chi connectivity index (χ0v) is 12.7. The zero-order chi connectivity index (χ0) is 14.5. The molecule has 0 radical (unpaired) electrons. The highest BCUT2D eigenvalue weighted by Gasteiger charge is 2.26. The fourth-order valence-electron chi connectivity index (χ4n) is 2.09. The predicted molar refractivity (Wildman–Crippen MR) is 85.8 cm³/mol. The Bertz CT molecular complexity index is 569. The van der Waals surface area contributed by atoms with E-state index < -0.39 is 0 Å². The van der Waals surface area contributed by atoms with Gasteiger partial charge in [0.15, 0.2) is 0 Å². The lowest BCUT2D eigenvalue weighted by Gasteiger charge is -2.10. The van der Waals surface area contributed by atoms with Gasteiger partial charge < -0.3 is 15.7 Å². The van der Waals surface area contributed by atoms with Gasteiger partial charge in [-0.2, -0.15) is 4.98 Å². The van der Waals surface area contributed by atoms with E-state index in [1.54, 1.807) is 11.3 Å². The minimum atomic E-state index is 0.179. The molecule has 1 saturated carbocycles. The Morgan fingerprint density at radius 1 is 1.29 bits per heavy atom. The first-order valence-electron chi connectivity index (χ1n) is 7.35. The van der Waals surface area contributed by atoms with Crippen molar-refractivity contribution in [3.05, 3.63) is 34.2 Å². The summed E-state index contributed by atoms with van der Waals surface area (Å²) in [5.74, 6) is 2.11. The molecule has 1 aliphatic carbocycles. The molecule has 0 unspecified atom stereocenters. The normalized spacial score (nSPS) is 14.1. The number of aromatic nitrogens is 2. The third kappa shape index (κ3) is 4.15. The van der Waals surface area contributed by atoms with Crippen LogP contribution in [0.15, 0.2) is 23.6 Å². The second-order valence-corrected chi connectivity index (χ2v) is 6.25. The van der Waals surface area contributed by atoms with Crippen molar-refractivity contribution in [2.75, 3.05) is 23.8 Å². The van der Waals surface area contributed by atoms with Crippen LogP contribution in [0.1, 0.15) is 35.8 Å². The Morgan fingerprint density at radius 3 is 2.90 bits per heavy atom. The van der Waals surface area contributed by atoms with Crippen LogP contribution in [-0.2, 0) is 6.54 Å². The number of rotatable bonds is 8. The van der Waals surface area contributed by atoms with E-state index in [2.05, 4.69) is 44.2 Å². The number of nitrogens with zero attached hydrogens (tertiary/aromatic N) is 2. The van der Waals surface area contributed by atoms with E-state index in [9.17, 15) is 0 Å². The third-order valence-corrected chi connectivity index (χ3v) is 4.26. The molecular weight excluding hydrogens is 284 g/mol. The lowest BCUT2D eigenvalue weighted by molar-refractivity contribution is 0.292. The summed E-state index contributed by atoms with van der Waals surface area (Å²) in [6.45, 7) is 1.66. The van der Waals surface area contributed by atoms with Gasteiger partial charge in [0.05, 0.1) is 12.2 Å². The van der Waals surface area contributed by atoms with Gasteiger partial charge in [-0.1, -0.05) is 6.07 Å². The molecule has 1 fully saturated rings. The summed E-state index contributed by atoms with van der Waals surface area (Å²) >= 11 is 1.74. The average molecular weight is 304 g/mol. The number of aliphatic hydroxyl groups is 1. The molecule has 2 heterocycles. The smallest absolute Gasteiger partial charge is 0.224 e. The van der Waals surface area contributed by atoms with Crippen molar-refractivity contribution in [1.29, 1.82) is 0 Å². The summed E-state index contributed by atoms with van der Waals surface area (Å²) in [5, 5.41) is 17.5. The van der Waals surface area contributed by atoms with Crippen molar-refractivity contribution in [3.63, 3.8) is 0 Å². The van der Waals surface area contributed by atoms with Crippen LogP contribution in [0, 0.1) is 0 Å². The van der Waals surface area contributed by atoms with Crippen LogP contribution in [0.25, 0.3) is 0 Å². The van der Waals surface area contributed by atoms with Crippen LogP contribution >= 0.6 is 11.3 Å². The molecule has 5 nitrogen and oxygen atoms in total. The molecule has 0 aliphatic heterocycles. The molecule has 0 aromatic carbocycles. The van der Waals surface area contributed by atoms with Crippen LogP contribution in [-0.4, -0.2) is 28.2 Å². The molecule has 2 aromatic rings. The molecule has 112 valence electrons. The van der Waals surface area contributed by atoms with Crippen molar-refractivity contribution in [3.8, 4) is 0 Å². The molecule has 0 saturated heterocycles. The first-order valence-corrected chi connectivity index (χ1v) is 8.23. The largest absolute Gasteiger partial charge is 0.396 e. The monoisotopic (exact) mass is 304 g/mol. The quantitative estimate of drug-likeness (QED) is 0.654. The third-order valence-electron chi connectivity index (χ3n) is 3.38. The summed E-state index contributed by atoms with van der Waals surface area (Å²) in [5.41, 5.74) is 1.12. The molecule has 21 heavy (non-hydrogen) atoms. The van der Waals surface area contributed by atoms with Gasteiger partial charge in [-0.05, 0) is 30.7 Å². The van der Waals surface area contributed by atoms with Gasteiger partial charge in [-0.3, -0.25) is 0 Å². The maximum absolute atomic E-state index is 8.85. The summed E-state index contributed by atoms with van der Waals surface area (Å²) in [4.78, 5) is 10.4.